The van der Waals surface area contributed by atoms with Crippen molar-refractivity contribution in [2.45, 2.75) is 70.8 Å². The van der Waals surface area contributed by atoms with Crippen molar-refractivity contribution in [1.82, 2.24) is 5.32 Å². The minimum absolute atomic E-state index is 0.235. The Bertz CT molecular complexity index is 276. The molecule has 0 unspecified atom stereocenters. The number of nitrogens with two attached hydrogens (primary N) is 1. The first-order valence-electron chi connectivity index (χ1n) is 7.71. The van der Waals surface area contributed by atoms with Crippen molar-refractivity contribution in [3.8, 4) is 0 Å². The monoisotopic (exact) mass is 252 g/mol. The third-order valence-corrected chi connectivity index (χ3v) is 5.19. The van der Waals surface area contributed by atoms with Crippen molar-refractivity contribution >= 4 is 5.91 Å². The van der Waals surface area contributed by atoms with Crippen molar-refractivity contribution < 1.29 is 4.79 Å². The quantitative estimate of drug-likeness (QED) is 0.808. The van der Waals surface area contributed by atoms with Gasteiger partial charge in [-0.2, -0.15) is 0 Å². The molecule has 0 aromatic heterocycles. The molecule has 0 aromatic rings. The number of carbonyl (C=O) groups is 1. The first-order valence-corrected chi connectivity index (χ1v) is 7.71. The van der Waals surface area contributed by atoms with Crippen LogP contribution in [0.1, 0.15) is 64.7 Å². The Hall–Kier alpha value is -0.570. The number of hydrogen-bond donors (Lipinski definition) is 2. The van der Waals surface area contributed by atoms with Crippen molar-refractivity contribution in [1.29, 1.82) is 0 Å². The minimum atomic E-state index is -0.235. The molecule has 0 heterocycles. The predicted molar refractivity (Wildman–Crippen MR) is 74.1 cm³/mol. The van der Waals surface area contributed by atoms with Crippen LogP contribution >= 0.6 is 0 Å². The van der Waals surface area contributed by atoms with Crippen molar-refractivity contribution in [3.05, 3.63) is 0 Å². The fraction of sp³-hybridized carbons (Fsp3) is 0.933. The summed E-state index contributed by atoms with van der Waals surface area (Å²) in [7, 11) is 0. The van der Waals surface area contributed by atoms with Crippen molar-refractivity contribution in [2.24, 2.45) is 17.1 Å². The molecule has 1 amide bonds. The van der Waals surface area contributed by atoms with Gasteiger partial charge in [-0.1, -0.05) is 26.2 Å². The molecule has 0 saturated heterocycles. The fourth-order valence-electron chi connectivity index (χ4n) is 3.63. The highest BCUT2D eigenvalue weighted by Gasteiger charge is 2.40. The average molecular weight is 252 g/mol. The molecule has 0 aromatic carbocycles. The van der Waals surface area contributed by atoms with Crippen molar-refractivity contribution in [3.63, 3.8) is 0 Å². The van der Waals surface area contributed by atoms with Gasteiger partial charge in [-0.25, -0.2) is 0 Å². The van der Waals surface area contributed by atoms with E-state index in [0.717, 1.165) is 44.4 Å². The van der Waals surface area contributed by atoms with Gasteiger partial charge in [0.2, 0.25) is 5.91 Å². The van der Waals surface area contributed by atoms with E-state index in [2.05, 4.69) is 12.2 Å². The van der Waals surface area contributed by atoms with Gasteiger partial charge < -0.3 is 11.1 Å². The van der Waals surface area contributed by atoms with Crippen LogP contribution in [0.15, 0.2) is 0 Å². The van der Waals surface area contributed by atoms with Crippen LogP contribution in [0.3, 0.4) is 0 Å². The first-order chi connectivity index (χ1) is 8.70. The molecule has 2 aliphatic rings. The number of hydrogen-bond acceptors (Lipinski definition) is 2. The van der Waals surface area contributed by atoms with Crippen LogP contribution in [0.25, 0.3) is 0 Å². The van der Waals surface area contributed by atoms with Gasteiger partial charge in [-0.15, -0.1) is 0 Å². The van der Waals surface area contributed by atoms with Gasteiger partial charge in [0.05, 0.1) is 5.41 Å². The van der Waals surface area contributed by atoms with Crippen LogP contribution in [0, 0.1) is 11.3 Å². The average Bonchev–Trinajstić information content (AvgIpc) is 2.89. The second-order valence-corrected chi connectivity index (χ2v) is 6.29. The van der Waals surface area contributed by atoms with Gasteiger partial charge in [0.1, 0.15) is 0 Å². The second-order valence-electron chi connectivity index (χ2n) is 6.29. The molecular weight excluding hydrogens is 224 g/mol. The van der Waals surface area contributed by atoms with Crippen LogP contribution < -0.4 is 11.1 Å². The molecule has 104 valence electrons. The molecule has 3 heteroatoms. The molecule has 0 bridgehead atoms. The van der Waals surface area contributed by atoms with E-state index >= 15 is 0 Å². The van der Waals surface area contributed by atoms with E-state index in [1.165, 1.54) is 19.3 Å². The Morgan fingerprint density at radius 2 is 1.83 bits per heavy atom. The number of amides is 1. The second kappa shape index (κ2) is 6.05. The summed E-state index contributed by atoms with van der Waals surface area (Å²) < 4.78 is 0. The van der Waals surface area contributed by atoms with E-state index in [9.17, 15) is 4.79 Å². The van der Waals surface area contributed by atoms with Gasteiger partial charge in [-0.3, -0.25) is 4.79 Å². The molecule has 2 rings (SSSR count). The molecule has 0 spiro atoms. The van der Waals surface area contributed by atoms with Crippen LogP contribution in [0.2, 0.25) is 0 Å². The SMILES string of the molecule is CCC1CCC(NC(=O)C2(CN)CCCC2)CC1. The van der Waals surface area contributed by atoms with E-state index in [0.29, 0.717) is 12.6 Å². The summed E-state index contributed by atoms with van der Waals surface area (Å²) in [6, 6.07) is 0.407. The molecule has 0 aliphatic heterocycles. The standard InChI is InChI=1S/C15H28N2O/c1-2-12-5-7-13(8-6-12)17-14(18)15(11-16)9-3-4-10-15/h12-13H,2-11,16H2,1H3,(H,17,18). The third kappa shape index (κ3) is 2.87. The molecule has 2 saturated carbocycles. The van der Waals surface area contributed by atoms with Gasteiger partial charge in [0, 0.05) is 12.6 Å². The van der Waals surface area contributed by atoms with Crippen LogP contribution in [-0.4, -0.2) is 18.5 Å². The summed E-state index contributed by atoms with van der Waals surface area (Å²) in [4.78, 5) is 12.4. The topological polar surface area (TPSA) is 55.1 Å². The Labute approximate surface area is 111 Å². The van der Waals surface area contributed by atoms with E-state index in [4.69, 9.17) is 5.73 Å². The van der Waals surface area contributed by atoms with Gasteiger partial charge in [0.15, 0.2) is 0 Å². The van der Waals surface area contributed by atoms with Crippen LogP contribution in [0.5, 0.6) is 0 Å². The normalized spacial score (nSPS) is 31.2. The summed E-state index contributed by atoms with van der Waals surface area (Å²) in [5, 5.41) is 3.28. The number of nitrogens with one attached hydrogen (secondary N) is 1. The van der Waals surface area contributed by atoms with Crippen LogP contribution in [0.4, 0.5) is 0 Å². The highest BCUT2D eigenvalue weighted by Crippen LogP contribution is 2.38. The Morgan fingerprint density at radius 3 is 2.33 bits per heavy atom. The molecule has 2 fully saturated rings. The zero-order valence-corrected chi connectivity index (χ0v) is 11.7. The van der Waals surface area contributed by atoms with E-state index in [1.807, 2.05) is 0 Å². The lowest BCUT2D eigenvalue weighted by molar-refractivity contribution is -0.131. The smallest absolute Gasteiger partial charge is 0.227 e. The lowest BCUT2D eigenvalue weighted by Gasteiger charge is -2.32. The Balaban J connectivity index is 1.84. The summed E-state index contributed by atoms with van der Waals surface area (Å²) >= 11 is 0. The highest BCUT2D eigenvalue weighted by atomic mass is 16.2. The van der Waals surface area contributed by atoms with Gasteiger partial charge in [-0.05, 0) is 44.4 Å². The maximum atomic E-state index is 12.4. The molecule has 0 radical (unpaired) electrons. The molecule has 3 N–H and O–H groups in total. The lowest BCUT2D eigenvalue weighted by atomic mass is 9.82. The summed E-state index contributed by atoms with van der Waals surface area (Å²) in [5.41, 5.74) is 5.62. The Morgan fingerprint density at radius 1 is 1.22 bits per heavy atom. The molecule has 18 heavy (non-hydrogen) atoms. The zero-order valence-electron chi connectivity index (χ0n) is 11.7. The van der Waals surface area contributed by atoms with E-state index in [-0.39, 0.29) is 11.3 Å². The number of rotatable bonds is 4. The van der Waals surface area contributed by atoms with E-state index < -0.39 is 0 Å². The Kier molecular flexibility index (Phi) is 4.66. The largest absolute Gasteiger partial charge is 0.353 e. The number of carbonyl (C=O) groups excluding carboxylic acids is 1. The molecular formula is C15H28N2O. The molecule has 3 nitrogen and oxygen atoms in total. The minimum Gasteiger partial charge on any atom is -0.353 e. The van der Waals surface area contributed by atoms with Crippen molar-refractivity contribution in [2.75, 3.05) is 6.54 Å². The fourth-order valence-corrected chi connectivity index (χ4v) is 3.63. The molecule has 2 aliphatic carbocycles. The molecule has 0 atom stereocenters. The predicted octanol–water partition coefficient (Wildman–Crippen LogP) is 2.59. The summed E-state index contributed by atoms with van der Waals surface area (Å²) in [5.74, 6) is 1.12. The van der Waals surface area contributed by atoms with Crippen LogP contribution in [-0.2, 0) is 4.79 Å². The zero-order chi connectivity index (χ0) is 13.0. The first kappa shape index (κ1) is 13.9. The van der Waals surface area contributed by atoms with Gasteiger partial charge in [0.25, 0.3) is 0 Å². The lowest BCUT2D eigenvalue weighted by Crippen LogP contribution is -2.48. The summed E-state index contributed by atoms with van der Waals surface area (Å²) in [6.07, 6.45) is 10.4. The van der Waals surface area contributed by atoms with E-state index in [1.54, 1.807) is 0 Å². The third-order valence-electron chi connectivity index (χ3n) is 5.19. The maximum absolute atomic E-state index is 12.4. The summed E-state index contributed by atoms with van der Waals surface area (Å²) in [6.45, 7) is 2.79. The highest BCUT2D eigenvalue weighted by molar-refractivity contribution is 5.83. The van der Waals surface area contributed by atoms with Gasteiger partial charge >= 0.3 is 0 Å². The maximum Gasteiger partial charge on any atom is 0.227 e.